The minimum Gasteiger partial charge on any atom is -0.238 e. The zero-order chi connectivity index (χ0) is 15.1. The first kappa shape index (κ1) is 16.2. The van der Waals surface area contributed by atoms with Crippen LogP contribution in [0, 0.1) is 13.8 Å². The van der Waals surface area contributed by atoms with E-state index in [0.29, 0.717) is 0 Å². The first-order valence-corrected chi connectivity index (χ1v) is 9.07. The SMILES string of the molecule is CCCCCCSCc1c(C)nn(-c2ccccc2)c1C. The van der Waals surface area contributed by atoms with E-state index in [1.54, 1.807) is 0 Å². The van der Waals surface area contributed by atoms with Gasteiger partial charge in [0.25, 0.3) is 0 Å². The predicted octanol–water partition coefficient (Wildman–Crippen LogP) is 5.30. The molecule has 114 valence electrons. The Balaban J connectivity index is 1.96. The van der Waals surface area contributed by atoms with Crippen LogP contribution < -0.4 is 0 Å². The number of aromatic nitrogens is 2. The van der Waals surface area contributed by atoms with Crippen LogP contribution in [-0.4, -0.2) is 15.5 Å². The van der Waals surface area contributed by atoms with E-state index in [4.69, 9.17) is 5.10 Å². The molecule has 0 atom stereocenters. The van der Waals surface area contributed by atoms with Crippen LogP contribution in [0.25, 0.3) is 5.69 Å². The van der Waals surface area contributed by atoms with Crippen molar-refractivity contribution in [2.24, 2.45) is 0 Å². The first-order chi connectivity index (χ1) is 10.2. The highest BCUT2D eigenvalue weighted by atomic mass is 32.2. The van der Waals surface area contributed by atoms with E-state index < -0.39 is 0 Å². The summed E-state index contributed by atoms with van der Waals surface area (Å²) in [6, 6.07) is 10.4. The molecule has 0 fully saturated rings. The first-order valence-electron chi connectivity index (χ1n) is 7.92. The summed E-state index contributed by atoms with van der Waals surface area (Å²) in [5, 5.41) is 4.71. The molecule has 0 unspecified atom stereocenters. The van der Waals surface area contributed by atoms with Crippen LogP contribution in [0.1, 0.15) is 49.6 Å². The van der Waals surface area contributed by atoms with Gasteiger partial charge in [-0.1, -0.05) is 44.4 Å². The highest BCUT2D eigenvalue weighted by molar-refractivity contribution is 7.98. The molecule has 3 heteroatoms. The van der Waals surface area contributed by atoms with Crippen molar-refractivity contribution in [1.82, 2.24) is 9.78 Å². The Kier molecular flexibility index (Phi) is 6.37. The van der Waals surface area contributed by atoms with Crippen LogP contribution in [0.5, 0.6) is 0 Å². The van der Waals surface area contributed by atoms with Crippen LogP contribution in [0.3, 0.4) is 0 Å². The van der Waals surface area contributed by atoms with Crippen molar-refractivity contribution in [3.05, 3.63) is 47.3 Å². The molecule has 0 amide bonds. The van der Waals surface area contributed by atoms with Gasteiger partial charge in [0.05, 0.1) is 11.4 Å². The summed E-state index contributed by atoms with van der Waals surface area (Å²) in [7, 11) is 0. The van der Waals surface area contributed by atoms with Crippen molar-refractivity contribution in [1.29, 1.82) is 0 Å². The zero-order valence-corrected chi connectivity index (χ0v) is 14.2. The molecule has 0 saturated carbocycles. The second-order valence-electron chi connectivity index (χ2n) is 5.51. The highest BCUT2D eigenvalue weighted by Crippen LogP contribution is 2.23. The van der Waals surface area contributed by atoms with Gasteiger partial charge in [0.15, 0.2) is 0 Å². The van der Waals surface area contributed by atoms with Gasteiger partial charge in [0, 0.05) is 17.0 Å². The molecule has 2 rings (SSSR count). The number of hydrogen-bond acceptors (Lipinski definition) is 2. The zero-order valence-electron chi connectivity index (χ0n) is 13.4. The summed E-state index contributed by atoms with van der Waals surface area (Å²) >= 11 is 2.04. The number of aryl methyl sites for hydroxylation is 1. The molecule has 0 radical (unpaired) electrons. The third-order valence-corrected chi connectivity index (χ3v) is 4.90. The molecule has 0 aliphatic rings. The fraction of sp³-hybridized carbons (Fsp3) is 0.500. The molecule has 21 heavy (non-hydrogen) atoms. The van der Waals surface area contributed by atoms with Crippen molar-refractivity contribution in [3.8, 4) is 5.69 Å². The van der Waals surface area contributed by atoms with E-state index in [9.17, 15) is 0 Å². The Morgan fingerprint density at radius 2 is 1.81 bits per heavy atom. The van der Waals surface area contributed by atoms with Gasteiger partial charge in [-0.3, -0.25) is 0 Å². The van der Waals surface area contributed by atoms with E-state index in [2.05, 4.69) is 49.7 Å². The Morgan fingerprint density at radius 1 is 1.05 bits per heavy atom. The van der Waals surface area contributed by atoms with E-state index in [1.807, 2.05) is 17.8 Å². The largest absolute Gasteiger partial charge is 0.238 e. The normalized spacial score (nSPS) is 11.0. The van der Waals surface area contributed by atoms with Gasteiger partial charge in [0.1, 0.15) is 0 Å². The molecule has 1 aromatic carbocycles. The van der Waals surface area contributed by atoms with E-state index in [0.717, 1.165) is 17.1 Å². The molecule has 2 aromatic rings. The van der Waals surface area contributed by atoms with Gasteiger partial charge in [-0.05, 0) is 38.2 Å². The molecule has 0 N–H and O–H groups in total. The molecule has 0 aliphatic carbocycles. The fourth-order valence-corrected chi connectivity index (χ4v) is 3.68. The van der Waals surface area contributed by atoms with Crippen molar-refractivity contribution in [3.63, 3.8) is 0 Å². The van der Waals surface area contributed by atoms with Gasteiger partial charge in [-0.25, -0.2) is 4.68 Å². The molecule has 2 nitrogen and oxygen atoms in total. The molecule has 0 aliphatic heterocycles. The average molecular weight is 302 g/mol. The smallest absolute Gasteiger partial charge is 0.0648 e. The maximum absolute atomic E-state index is 4.71. The standard InChI is InChI=1S/C18H26N2S/c1-4-5-6-10-13-21-14-18-15(2)19-20(16(18)3)17-11-8-7-9-12-17/h7-9,11-12H,4-6,10,13-14H2,1-3H3. The molecule has 0 bridgehead atoms. The van der Waals surface area contributed by atoms with Crippen molar-refractivity contribution < 1.29 is 0 Å². The quantitative estimate of drug-likeness (QED) is 0.616. The number of nitrogens with zero attached hydrogens (tertiary/aromatic N) is 2. The van der Waals surface area contributed by atoms with Gasteiger partial charge < -0.3 is 0 Å². The average Bonchev–Trinajstić information content (AvgIpc) is 2.79. The van der Waals surface area contributed by atoms with Gasteiger partial charge in [0.2, 0.25) is 0 Å². The highest BCUT2D eigenvalue weighted by Gasteiger charge is 2.12. The summed E-state index contributed by atoms with van der Waals surface area (Å²) in [5.74, 6) is 2.34. The third-order valence-electron chi connectivity index (χ3n) is 3.83. The maximum Gasteiger partial charge on any atom is 0.0648 e. The maximum atomic E-state index is 4.71. The van der Waals surface area contributed by atoms with Crippen molar-refractivity contribution >= 4 is 11.8 Å². The summed E-state index contributed by atoms with van der Waals surface area (Å²) in [5.41, 5.74) is 4.99. The van der Waals surface area contributed by atoms with E-state index in [1.165, 1.54) is 42.7 Å². The topological polar surface area (TPSA) is 17.8 Å². The van der Waals surface area contributed by atoms with Gasteiger partial charge in [-0.2, -0.15) is 16.9 Å². The van der Waals surface area contributed by atoms with Crippen LogP contribution in [0.4, 0.5) is 0 Å². The Bertz CT molecular complexity index is 546. The van der Waals surface area contributed by atoms with E-state index in [-0.39, 0.29) is 0 Å². The van der Waals surface area contributed by atoms with E-state index >= 15 is 0 Å². The summed E-state index contributed by atoms with van der Waals surface area (Å²) in [6.45, 7) is 6.57. The van der Waals surface area contributed by atoms with Crippen LogP contribution >= 0.6 is 11.8 Å². The Labute approximate surface area is 133 Å². The lowest BCUT2D eigenvalue weighted by Crippen LogP contribution is -1.98. The van der Waals surface area contributed by atoms with Crippen molar-refractivity contribution in [2.45, 2.75) is 52.2 Å². The predicted molar refractivity (Wildman–Crippen MR) is 93.3 cm³/mol. The summed E-state index contributed by atoms with van der Waals surface area (Å²) < 4.78 is 2.07. The number of para-hydroxylation sites is 1. The van der Waals surface area contributed by atoms with Crippen LogP contribution in [0.2, 0.25) is 0 Å². The van der Waals surface area contributed by atoms with Crippen LogP contribution in [-0.2, 0) is 5.75 Å². The number of thioether (sulfide) groups is 1. The molecule has 0 spiro atoms. The second-order valence-corrected chi connectivity index (χ2v) is 6.62. The number of benzene rings is 1. The summed E-state index contributed by atoms with van der Waals surface area (Å²) in [4.78, 5) is 0. The number of rotatable bonds is 8. The molecule has 0 saturated heterocycles. The number of hydrogen-bond donors (Lipinski definition) is 0. The minimum absolute atomic E-state index is 1.08. The molecular formula is C18H26N2S. The van der Waals surface area contributed by atoms with Gasteiger partial charge >= 0.3 is 0 Å². The second kappa shape index (κ2) is 8.28. The Hall–Kier alpha value is -1.22. The molecule has 1 aromatic heterocycles. The Morgan fingerprint density at radius 3 is 2.52 bits per heavy atom. The summed E-state index contributed by atoms with van der Waals surface area (Å²) in [6.07, 6.45) is 5.38. The molecular weight excluding hydrogens is 276 g/mol. The number of unbranched alkanes of at least 4 members (excludes halogenated alkanes) is 3. The monoisotopic (exact) mass is 302 g/mol. The van der Waals surface area contributed by atoms with Gasteiger partial charge in [-0.15, -0.1) is 0 Å². The molecule has 1 heterocycles. The lowest BCUT2D eigenvalue weighted by atomic mass is 10.2. The fourth-order valence-electron chi connectivity index (χ4n) is 2.51. The van der Waals surface area contributed by atoms with Crippen molar-refractivity contribution in [2.75, 3.05) is 5.75 Å². The minimum atomic E-state index is 1.08. The lowest BCUT2D eigenvalue weighted by Gasteiger charge is -2.05. The lowest BCUT2D eigenvalue weighted by molar-refractivity contribution is 0.706. The van der Waals surface area contributed by atoms with Crippen LogP contribution in [0.15, 0.2) is 30.3 Å². The third kappa shape index (κ3) is 4.37.